The third kappa shape index (κ3) is 4.90. The van der Waals surface area contributed by atoms with Gasteiger partial charge in [-0.15, -0.1) is 0 Å². The summed E-state index contributed by atoms with van der Waals surface area (Å²) in [5.41, 5.74) is 11.2. The Hall–Kier alpha value is -5.99. The number of nitrogens with zero attached hydrogens (tertiary/aromatic N) is 5. The number of hydrogen-bond acceptors (Lipinski definition) is 5. The fourth-order valence-corrected chi connectivity index (χ4v) is 5.02. The maximum Gasteiger partial charge on any atom is 0.0991 e. The van der Waals surface area contributed by atoms with Crippen LogP contribution in [-0.4, -0.2) is 19.9 Å². The minimum atomic E-state index is 0.598. The quantitative estimate of drug-likeness (QED) is 0.220. The highest BCUT2D eigenvalue weighted by atomic mass is 14.8. The molecule has 0 aliphatic heterocycles. The van der Waals surface area contributed by atoms with E-state index in [9.17, 15) is 5.26 Å². The molecule has 0 saturated heterocycles. The predicted octanol–water partition coefficient (Wildman–Crippen LogP) is 8.63. The average molecular weight is 538 g/mol. The lowest BCUT2D eigenvalue weighted by atomic mass is 9.98. The van der Waals surface area contributed by atoms with E-state index in [-0.39, 0.29) is 0 Å². The van der Waals surface area contributed by atoms with Gasteiger partial charge in [-0.1, -0.05) is 84.9 Å². The van der Waals surface area contributed by atoms with E-state index in [0.29, 0.717) is 5.56 Å². The highest BCUT2D eigenvalue weighted by molar-refractivity contribution is 5.88. The van der Waals surface area contributed by atoms with Crippen molar-refractivity contribution in [2.24, 2.45) is 0 Å². The molecule has 7 rings (SSSR count). The normalized spacial score (nSPS) is 10.8. The molecule has 3 aromatic heterocycles. The van der Waals surface area contributed by atoms with E-state index in [2.05, 4.69) is 59.6 Å². The second-order valence-electron chi connectivity index (χ2n) is 9.88. The van der Waals surface area contributed by atoms with Gasteiger partial charge in [0.05, 0.1) is 51.1 Å². The molecule has 0 unspecified atom stereocenters. The zero-order valence-corrected chi connectivity index (χ0v) is 22.5. The van der Waals surface area contributed by atoms with Crippen molar-refractivity contribution in [1.29, 1.82) is 5.26 Å². The van der Waals surface area contributed by atoms with E-state index in [4.69, 9.17) is 15.0 Å². The standard InChI is InChI=1S/C37H23N5/c38-24-25-13-15-29(16-14-25)36-37(42-33-12-5-4-11-32(33)41-36)30-22-34(26-8-2-1-3-9-26)40-35(23-30)28-19-17-27(18-20-28)31-10-6-7-21-39-31/h1-23H. The number of para-hydroxylation sites is 2. The fraction of sp³-hybridized carbons (Fsp3) is 0. The van der Waals surface area contributed by atoms with Crippen LogP contribution in [-0.2, 0) is 0 Å². The Bertz CT molecular complexity index is 2060. The van der Waals surface area contributed by atoms with Crippen LogP contribution < -0.4 is 0 Å². The van der Waals surface area contributed by atoms with Gasteiger partial charge < -0.3 is 0 Å². The van der Waals surface area contributed by atoms with Gasteiger partial charge in [0.15, 0.2) is 0 Å². The molecule has 0 aliphatic carbocycles. The molecule has 4 aromatic carbocycles. The average Bonchev–Trinajstić information content (AvgIpc) is 3.08. The monoisotopic (exact) mass is 537 g/mol. The van der Waals surface area contributed by atoms with Crippen molar-refractivity contribution in [3.05, 3.63) is 145 Å². The molecule has 0 bridgehead atoms. The van der Waals surface area contributed by atoms with Crippen molar-refractivity contribution >= 4 is 11.0 Å². The van der Waals surface area contributed by atoms with E-state index >= 15 is 0 Å². The van der Waals surface area contributed by atoms with Gasteiger partial charge in [0.1, 0.15) is 0 Å². The van der Waals surface area contributed by atoms with Crippen LogP contribution in [0.1, 0.15) is 5.56 Å². The van der Waals surface area contributed by atoms with E-state index in [1.54, 1.807) is 6.20 Å². The number of hydrogen-bond donors (Lipinski definition) is 0. The molecule has 0 aliphatic rings. The lowest BCUT2D eigenvalue weighted by Gasteiger charge is -2.14. The number of nitriles is 1. The molecular weight excluding hydrogens is 514 g/mol. The van der Waals surface area contributed by atoms with E-state index < -0.39 is 0 Å². The van der Waals surface area contributed by atoms with Crippen LogP contribution in [0.3, 0.4) is 0 Å². The number of benzene rings is 4. The first-order valence-electron chi connectivity index (χ1n) is 13.6. The van der Waals surface area contributed by atoms with Crippen molar-refractivity contribution in [3.8, 4) is 62.4 Å². The lowest BCUT2D eigenvalue weighted by Crippen LogP contribution is -1.98. The van der Waals surface area contributed by atoms with Crippen molar-refractivity contribution < 1.29 is 0 Å². The summed E-state index contributed by atoms with van der Waals surface area (Å²) in [7, 11) is 0. The molecule has 5 heteroatoms. The third-order valence-corrected chi connectivity index (χ3v) is 7.17. The Morgan fingerprint density at radius 3 is 1.55 bits per heavy atom. The maximum absolute atomic E-state index is 9.34. The second kappa shape index (κ2) is 10.9. The van der Waals surface area contributed by atoms with Crippen molar-refractivity contribution in [3.63, 3.8) is 0 Å². The highest BCUT2D eigenvalue weighted by Crippen LogP contribution is 2.35. The van der Waals surface area contributed by atoms with Gasteiger partial charge in [-0.3, -0.25) is 4.98 Å². The molecule has 0 radical (unpaired) electrons. The number of pyridine rings is 2. The van der Waals surface area contributed by atoms with Gasteiger partial charge in [-0.2, -0.15) is 5.26 Å². The molecule has 5 nitrogen and oxygen atoms in total. The summed E-state index contributed by atoms with van der Waals surface area (Å²) >= 11 is 0. The van der Waals surface area contributed by atoms with Crippen LogP contribution in [0.25, 0.3) is 67.3 Å². The van der Waals surface area contributed by atoms with Gasteiger partial charge in [0, 0.05) is 34.0 Å². The van der Waals surface area contributed by atoms with E-state index in [1.807, 2.05) is 84.9 Å². The number of aromatic nitrogens is 4. The van der Waals surface area contributed by atoms with Crippen LogP contribution in [0.5, 0.6) is 0 Å². The minimum absolute atomic E-state index is 0.598. The summed E-state index contributed by atoms with van der Waals surface area (Å²) < 4.78 is 0. The summed E-state index contributed by atoms with van der Waals surface area (Å²) in [6.07, 6.45) is 1.80. The van der Waals surface area contributed by atoms with Crippen molar-refractivity contribution in [1.82, 2.24) is 19.9 Å². The molecule has 0 fully saturated rings. The number of rotatable bonds is 5. The summed E-state index contributed by atoms with van der Waals surface area (Å²) in [4.78, 5) is 19.8. The predicted molar refractivity (Wildman–Crippen MR) is 167 cm³/mol. The van der Waals surface area contributed by atoms with Gasteiger partial charge in [0.2, 0.25) is 0 Å². The SMILES string of the molecule is N#Cc1ccc(-c2nc3ccccc3nc2-c2cc(-c3ccccc3)nc(-c3ccc(-c4ccccn4)cc3)c2)cc1. The first kappa shape index (κ1) is 25.0. The Balaban J connectivity index is 1.43. The van der Waals surface area contributed by atoms with Crippen molar-refractivity contribution in [2.75, 3.05) is 0 Å². The molecular formula is C37H23N5. The zero-order chi connectivity index (χ0) is 28.3. The van der Waals surface area contributed by atoms with Crippen LogP contribution in [0.15, 0.2) is 140 Å². The van der Waals surface area contributed by atoms with Crippen LogP contribution in [0.2, 0.25) is 0 Å². The Morgan fingerprint density at radius 1 is 0.429 bits per heavy atom. The van der Waals surface area contributed by atoms with Crippen LogP contribution in [0, 0.1) is 11.3 Å². The zero-order valence-electron chi connectivity index (χ0n) is 22.5. The summed E-state index contributed by atoms with van der Waals surface area (Å²) in [6, 6.07) is 46.1. The largest absolute Gasteiger partial charge is 0.256 e. The molecule has 0 saturated carbocycles. The van der Waals surface area contributed by atoms with E-state index in [1.165, 1.54) is 0 Å². The van der Waals surface area contributed by atoms with Crippen molar-refractivity contribution in [2.45, 2.75) is 0 Å². The third-order valence-electron chi connectivity index (χ3n) is 7.17. The second-order valence-corrected chi connectivity index (χ2v) is 9.88. The minimum Gasteiger partial charge on any atom is -0.256 e. The molecule has 7 aromatic rings. The summed E-state index contributed by atoms with van der Waals surface area (Å²) in [6.45, 7) is 0. The van der Waals surface area contributed by atoms with Gasteiger partial charge in [0.25, 0.3) is 0 Å². The van der Waals surface area contributed by atoms with Gasteiger partial charge in [-0.25, -0.2) is 15.0 Å². The Morgan fingerprint density at radius 2 is 0.952 bits per heavy atom. The summed E-state index contributed by atoms with van der Waals surface area (Å²) in [5.74, 6) is 0. The molecule has 0 N–H and O–H groups in total. The fourth-order valence-electron chi connectivity index (χ4n) is 5.02. The maximum atomic E-state index is 9.34. The van der Waals surface area contributed by atoms with Gasteiger partial charge >= 0.3 is 0 Å². The first-order valence-corrected chi connectivity index (χ1v) is 13.6. The molecule has 0 spiro atoms. The summed E-state index contributed by atoms with van der Waals surface area (Å²) in [5, 5.41) is 9.34. The lowest BCUT2D eigenvalue weighted by molar-refractivity contribution is 1.27. The Labute approximate surface area is 243 Å². The Kier molecular flexibility index (Phi) is 6.48. The first-order chi connectivity index (χ1) is 20.7. The van der Waals surface area contributed by atoms with E-state index in [0.717, 1.165) is 67.3 Å². The van der Waals surface area contributed by atoms with Crippen LogP contribution >= 0.6 is 0 Å². The molecule has 196 valence electrons. The molecule has 0 atom stereocenters. The number of fused-ring (bicyclic) bond motifs is 1. The highest BCUT2D eigenvalue weighted by Gasteiger charge is 2.17. The molecule has 0 amide bonds. The topological polar surface area (TPSA) is 75.3 Å². The van der Waals surface area contributed by atoms with Gasteiger partial charge in [-0.05, 0) is 48.5 Å². The molecule has 3 heterocycles. The smallest absolute Gasteiger partial charge is 0.0991 e. The molecule has 42 heavy (non-hydrogen) atoms. The van der Waals surface area contributed by atoms with Crippen LogP contribution in [0.4, 0.5) is 0 Å².